The number of carbonyl (C=O) groups is 2. The molecule has 3 rings (SSSR count). The number of rotatable bonds is 5. The highest BCUT2D eigenvalue weighted by Crippen LogP contribution is 2.40. The van der Waals surface area contributed by atoms with Crippen molar-refractivity contribution < 1.29 is 14.7 Å². The van der Waals surface area contributed by atoms with Gasteiger partial charge < -0.3 is 15.8 Å². The zero-order chi connectivity index (χ0) is 18.1. The van der Waals surface area contributed by atoms with Crippen molar-refractivity contribution in [1.82, 2.24) is 4.98 Å². The number of nitrogens with two attached hydrogens (primary N) is 1. The molecule has 4 N–H and O–H groups in total. The van der Waals surface area contributed by atoms with E-state index in [1.165, 1.54) is 0 Å². The molecule has 2 heterocycles. The number of halogens is 1. The lowest BCUT2D eigenvalue weighted by Gasteiger charge is -2.02. The van der Waals surface area contributed by atoms with Gasteiger partial charge in [-0.1, -0.05) is 28.1 Å². The molecule has 0 unspecified atom stereocenters. The first-order valence-electron chi connectivity index (χ1n) is 6.97. The van der Waals surface area contributed by atoms with Gasteiger partial charge in [0.05, 0.1) is 25.7 Å². The summed E-state index contributed by atoms with van der Waals surface area (Å²) in [5.41, 5.74) is 5.74. The van der Waals surface area contributed by atoms with Crippen molar-refractivity contribution in [3.8, 4) is 5.75 Å². The summed E-state index contributed by atoms with van der Waals surface area (Å²) in [5.74, 6) is -0.966. The van der Waals surface area contributed by atoms with Crippen LogP contribution in [0.3, 0.4) is 0 Å². The third-order valence-electron chi connectivity index (χ3n) is 3.37. The summed E-state index contributed by atoms with van der Waals surface area (Å²) in [6.07, 6.45) is 0. The van der Waals surface area contributed by atoms with Crippen LogP contribution in [0.15, 0.2) is 43.8 Å². The number of ketones is 1. The second kappa shape index (κ2) is 7.03. The molecule has 1 aromatic carbocycles. The first-order chi connectivity index (χ1) is 11.9. The van der Waals surface area contributed by atoms with E-state index in [-0.39, 0.29) is 28.4 Å². The molecule has 6 nitrogen and oxygen atoms in total. The van der Waals surface area contributed by atoms with Crippen LogP contribution in [0.4, 0.5) is 0 Å². The quantitative estimate of drug-likeness (QED) is 0.418. The van der Waals surface area contributed by atoms with Crippen molar-refractivity contribution in [3.05, 3.63) is 56.3 Å². The number of thiophene rings is 1. The van der Waals surface area contributed by atoms with Gasteiger partial charge in [0.15, 0.2) is 5.78 Å². The molecule has 9 heteroatoms. The fraction of sp³-hybridized carbons (Fsp3) is 0.0625. The SMILES string of the molecule is NC(=O)c1c(SCC(=O)c2ccc(Br)cc2)sc2c(O)cc(=O)[nH]c12. The Bertz CT molecular complexity index is 1040. The Labute approximate surface area is 158 Å². The Morgan fingerprint density at radius 1 is 1.28 bits per heavy atom. The van der Waals surface area contributed by atoms with Crippen LogP contribution in [-0.2, 0) is 0 Å². The zero-order valence-electron chi connectivity index (χ0n) is 12.5. The van der Waals surface area contributed by atoms with Crippen molar-refractivity contribution in [3.63, 3.8) is 0 Å². The number of H-pyrrole nitrogens is 1. The summed E-state index contributed by atoms with van der Waals surface area (Å²) in [7, 11) is 0. The maximum absolute atomic E-state index is 12.3. The minimum atomic E-state index is -0.730. The molecule has 0 aliphatic heterocycles. The summed E-state index contributed by atoms with van der Waals surface area (Å²) in [6, 6.07) is 7.99. The van der Waals surface area contributed by atoms with Crippen molar-refractivity contribution in [1.29, 1.82) is 0 Å². The Morgan fingerprint density at radius 3 is 2.60 bits per heavy atom. The Kier molecular flexibility index (Phi) is 4.98. The number of aromatic amines is 1. The number of Topliss-reactive ketones (excluding diaryl/α,β-unsaturated/α-hetero) is 1. The molecule has 0 fully saturated rings. The third-order valence-corrected chi connectivity index (χ3v) is 6.38. The maximum atomic E-state index is 12.3. The number of aromatic hydroxyl groups is 1. The number of hydrogen-bond donors (Lipinski definition) is 3. The van der Waals surface area contributed by atoms with Crippen molar-refractivity contribution in [2.45, 2.75) is 4.21 Å². The summed E-state index contributed by atoms with van der Waals surface area (Å²) in [6.45, 7) is 0. The van der Waals surface area contributed by atoms with Gasteiger partial charge in [0, 0.05) is 16.1 Å². The van der Waals surface area contributed by atoms with Crippen LogP contribution in [0, 0.1) is 0 Å². The molecular weight excluding hydrogens is 428 g/mol. The summed E-state index contributed by atoms with van der Waals surface area (Å²) >= 11 is 5.56. The van der Waals surface area contributed by atoms with Crippen LogP contribution in [-0.4, -0.2) is 27.5 Å². The highest BCUT2D eigenvalue weighted by Gasteiger charge is 2.21. The van der Waals surface area contributed by atoms with E-state index in [0.29, 0.717) is 14.5 Å². The van der Waals surface area contributed by atoms with Gasteiger partial charge in [0.25, 0.3) is 11.5 Å². The number of nitrogens with one attached hydrogen (secondary N) is 1. The number of benzene rings is 1. The van der Waals surface area contributed by atoms with Crippen molar-refractivity contribution >= 4 is 60.9 Å². The third kappa shape index (κ3) is 3.63. The second-order valence-electron chi connectivity index (χ2n) is 5.07. The Morgan fingerprint density at radius 2 is 1.96 bits per heavy atom. The van der Waals surface area contributed by atoms with Crippen LogP contribution in [0.2, 0.25) is 0 Å². The molecule has 25 heavy (non-hydrogen) atoms. The number of fused-ring (bicyclic) bond motifs is 1. The van der Waals surface area contributed by atoms with Gasteiger partial charge in [-0.15, -0.1) is 23.1 Å². The monoisotopic (exact) mass is 438 g/mol. The molecule has 2 aromatic heterocycles. The summed E-state index contributed by atoms with van der Waals surface area (Å²) in [4.78, 5) is 38.1. The van der Waals surface area contributed by atoms with Gasteiger partial charge in [-0.3, -0.25) is 14.4 Å². The van der Waals surface area contributed by atoms with E-state index in [0.717, 1.165) is 33.6 Å². The molecule has 3 aromatic rings. The molecule has 0 aliphatic carbocycles. The van der Waals surface area contributed by atoms with E-state index >= 15 is 0 Å². The molecule has 1 amide bonds. The van der Waals surface area contributed by atoms with Crippen LogP contribution in [0.1, 0.15) is 20.7 Å². The van der Waals surface area contributed by atoms with E-state index < -0.39 is 11.5 Å². The van der Waals surface area contributed by atoms with E-state index in [1.807, 2.05) is 0 Å². The number of hydrogen-bond acceptors (Lipinski definition) is 6. The molecule has 0 saturated heterocycles. The largest absolute Gasteiger partial charge is 0.506 e. The fourth-order valence-electron chi connectivity index (χ4n) is 2.23. The minimum Gasteiger partial charge on any atom is -0.506 e. The number of primary amides is 1. The Hall–Kier alpha value is -2.10. The van der Waals surface area contributed by atoms with Crippen LogP contribution in [0.25, 0.3) is 10.2 Å². The number of thioether (sulfide) groups is 1. The summed E-state index contributed by atoms with van der Waals surface area (Å²) < 4.78 is 1.70. The number of carbonyl (C=O) groups excluding carboxylic acids is 2. The molecule has 0 radical (unpaired) electrons. The van der Waals surface area contributed by atoms with Gasteiger partial charge >= 0.3 is 0 Å². The smallest absolute Gasteiger partial charge is 0.252 e. The topological polar surface area (TPSA) is 113 Å². The average molecular weight is 439 g/mol. The lowest BCUT2D eigenvalue weighted by atomic mass is 10.2. The zero-order valence-corrected chi connectivity index (χ0v) is 15.8. The number of amides is 1. The number of aromatic nitrogens is 1. The van der Waals surface area contributed by atoms with Crippen molar-refractivity contribution in [2.24, 2.45) is 5.73 Å². The van der Waals surface area contributed by atoms with E-state index in [4.69, 9.17) is 5.73 Å². The maximum Gasteiger partial charge on any atom is 0.252 e. The molecular formula is C16H11BrN2O4S2. The lowest BCUT2D eigenvalue weighted by molar-refractivity contribution is 0.0995. The van der Waals surface area contributed by atoms with E-state index in [9.17, 15) is 19.5 Å². The molecule has 0 bridgehead atoms. The normalized spacial score (nSPS) is 10.9. The first-order valence-corrected chi connectivity index (χ1v) is 9.56. The molecule has 0 atom stereocenters. The molecule has 0 aliphatic rings. The molecule has 0 saturated carbocycles. The molecule has 0 spiro atoms. The Balaban J connectivity index is 1.93. The standard InChI is InChI=1S/C16H11BrN2O4S2/c17-8-3-1-7(2-4-8)10(21)6-24-16-12(15(18)23)13-14(25-16)9(20)5-11(22)19-13/h1-5H,6H2,(H2,18,23)(H2,19,20,22). The fourth-order valence-corrected chi connectivity index (χ4v) is 4.85. The van der Waals surface area contributed by atoms with Gasteiger partial charge in [0.1, 0.15) is 5.75 Å². The highest BCUT2D eigenvalue weighted by molar-refractivity contribution is 9.10. The van der Waals surface area contributed by atoms with Gasteiger partial charge in [0.2, 0.25) is 0 Å². The first kappa shape index (κ1) is 17.7. The second-order valence-corrected chi connectivity index (χ2v) is 8.25. The van der Waals surface area contributed by atoms with Gasteiger partial charge in [-0.2, -0.15) is 0 Å². The van der Waals surface area contributed by atoms with Crippen LogP contribution in [0.5, 0.6) is 5.75 Å². The predicted molar refractivity (Wildman–Crippen MR) is 102 cm³/mol. The van der Waals surface area contributed by atoms with Crippen LogP contribution >= 0.6 is 39.0 Å². The van der Waals surface area contributed by atoms with Crippen molar-refractivity contribution in [2.75, 3.05) is 5.75 Å². The van der Waals surface area contributed by atoms with Crippen LogP contribution < -0.4 is 11.3 Å². The van der Waals surface area contributed by atoms with E-state index in [2.05, 4.69) is 20.9 Å². The minimum absolute atomic E-state index is 0.0970. The predicted octanol–water partition coefficient (Wildman–Crippen LogP) is 3.13. The van der Waals surface area contributed by atoms with Gasteiger partial charge in [-0.05, 0) is 12.1 Å². The average Bonchev–Trinajstić information content (AvgIpc) is 2.92. The summed E-state index contributed by atoms with van der Waals surface area (Å²) in [5, 5.41) is 9.91. The number of pyridine rings is 1. The lowest BCUT2D eigenvalue weighted by Crippen LogP contribution is -2.13. The highest BCUT2D eigenvalue weighted by atomic mass is 79.9. The van der Waals surface area contributed by atoms with E-state index in [1.54, 1.807) is 24.3 Å². The van der Waals surface area contributed by atoms with Gasteiger partial charge in [-0.25, -0.2) is 0 Å². The molecule has 128 valence electrons.